The van der Waals surface area contributed by atoms with Gasteiger partial charge in [-0.1, -0.05) is 6.07 Å². The molecule has 0 saturated carbocycles. The van der Waals surface area contributed by atoms with Crippen LogP contribution in [0.2, 0.25) is 0 Å². The van der Waals surface area contributed by atoms with Crippen molar-refractivity contribution < 1.29 is 19.4 Å². The van der Waals surface area contributed by atoms with Gasteiger partial charge >= 0.3 is 0 Å². The van der Waals surface area contributed by atoms with Crippen molar-refractivity contribution in [3.8, 4) is 17.3 Å². The normalized spacial score (nSPS) is 11.8. The lowest BCUT2D eigenvalue weighted by atomic mass is 10.2. The molecule has 2 N–H and O–H groups in total. The second-order valence-electron chi connectivity index (χ2n) is 7.20. The van der Waals surface area contributed by atoms with Gasteiger partial charge < -0.3 is 19.9 Å². The molecular weight excluding hydrogens is 408 g/mol. The molecule has 4 aromatic rings. The Morgan fingerprint density at radius 2 is 1.97 bits per heavy atom. The second kappa shape index (κ2) is 9.93. The molecular formula is C24H24N4O4. The summed E-state index contributed by atoms with van der Waals surface area (Å²) < 4.78 is 13.5. The minimum atomic E-state index is -0.238. The van der Waals surface area contributed by atoms with Crippen LogP contribution in [0.1, 0.15) is 17.3 Å². The van der Waals surface area contributed by atoms with Gasteiger partial charge in [0.05, 0.1) is 17.6 Å². The van der Waals surface area contributed by atoms with E-state index in [0.717, 1.165) is 17.0 Å². The van der Waals surface area contributed by atoms with Crippen LogP contribution in [0.4, 0.5) is 0 Å². The van der Waals surface area contributed by atoms with E-state index in [1.165, 1.54) is 0 Å². The summed E-state index contributed by atoms with van der Waals surface area (Å²) in [7, 11) is 0. The van der Waals surface area contributed by atoms with Gasteiger partial charge in [0, 0.05) is 30.1 Å². The first-order valence-corrected chi connectivity index (χ1v) is 10.3. The molecule has 0 aliphatic heterocycles. The Hall–Kier alpha value is -3.91. The number of nitrogens with one attached hydrogen (secondary N) is 1. The van der Waals surface area contributed by atoms with E-state index in [4.69, 9.17) is 14.6 Å². The lowest BCUT2D eigenvalue weighted by Gasteiger charge is -2.15. The number of fused-ring (bicyclic) bond motifs is 1. The molecule has 0 spiro atoms. The fourth-order valence-electron chi connectivity index (χ4n) is 3.22. The number of aliphatic hydroxyl groups excluding tert-OH is 1. The van der Waals surface area contributed by atoms with Gasteiger partial charge in [-0.25, -0.2) is 9.97 Å². The zero-order valence-electron chi connectivity index (χ0n) is 17.6. The minimum absolute atomic E-state index is 0.0989. The number of hydrogen-bond donors (Lipinski definition) is 2. The Kier molecular flexibility index (Phi) is 6.62. The molecule has 1 atom stereocenters. The highest BCUT2D eigenvalue weighted by atomic mass is 16.5. The number of amides is 1. The van der Waals surface area contributed by atoms with Gasteiger partial charge in [0.25, 0.3) is 5.91 Å². The monoisotopic (exact) mass is 432 g/mol. The summed E-state index contributed by atoms with van der Waals surface area (Å²) in [4.78, 5) is 20.6. The molecule has 0 radical (unpaired) electrons. The third-order valence-corrected chi connectivity index (χ3v) is 4.76. The molecule has 1 amide bonds. The fraction of sp³-hybridized carbons (Fsp3) is 0.208. The lowest BCUT2D eigenvalue weighted by molar-refractivity contribution is 0.0945. The van der Waals surface area contributed by atoms with Crippen molar-refractivity contribution in [1.82, 2.24) is 19.9 Å². The molecule has 2 heterocycles. The van der Waals surface area contributed by atoms with Crippen LogP contribution in [-0.4, -0.2) is 51.4 Å². The topological polar surface area (TPSA) is 98.5 Å². The van der Waals surface area contributed by atoms with Gasteiger partial charge in [0.15, 0.2) is 0 Å². The molecule has 164 valence electrons. The quantitative estimate of drug-likeness (QED) is 0.422. The van der Waals surface area contributed by atoms with Crippen LogP contribution in [0.25, 0.3) is 16.7 Å². The third kappa shape index (κ3) is 5.04. The van der Waals surface area contributed by atoms with Crippen LogP contribution in [0.15, 0.2) is 73.2 Å². The summed E-state index contributed by atoms with van der Waals surface area (Å²) in [5, 5.41) is 11.5. The molecule has 8 heteroatoms. The molecule has 0 aliphatic carbocycles. The Labute approximate surface area is 185 Å². The summed E-state index contributed by atoms with van der Waals surface area (Å²) in [6.45, 7) is 2.44. The number of carbonyl (C=O) groups is 1. The average molecular weight is 432 g/mol. The predicted octanol–water partition coefficient (Wildman–Crippen LogP) is 2.99. The van der Waals surface area contributed by atoms with Crippen molar-refractivity contribution in [2.45, 2.75) is 13.0 Å². The molecule has 0 aliphatic rings. The van der Waals surface area contributed by atoms with E-state index < -0.39 is 0 Å². The minimum Gasteiger partial charge on any atom is -0.487 e. The molecule has 2 aromatic carbocycles. The summed E-state index contributed by atoms with van der Waals surface area (Å²) >= 11 is 0. The van der Waals surface area contributed by atoms with Crippen molar-refractivity contribution in [3.05, 3.63) is 78.8 Å². The molecule has 0 bridgehead atoms. The van der Waals surface area contributed by atoms with E-state index in [-0.39, 0.29) is 25.2 Å². The lowest BCUT2D eigenvalue weighted by Crippen LogP contribution is -2.26. The van der Waals surface area contributed by atoms with Crippen molar-refractivity contribution in [3.63, 3.8) is 0 Å². The van der Waals surface area contributed by atoms with Crippen LogP contribution in [-0.2, 0) is 0 Å². The fourth-order valence-corrected chi connectivity index (χ4v) is 3.22. The number of aromatic nitrogens is 3. The van der Waals surface area contributed by atoms with Crippen LogP contribution >= 0.6 is 0 Å². The largest absolute Gasteiger partial charge is 0.487 e. The zero-order valence-corrected chi connectivity index (χ0v) is 17.6. The highest BCUT2D eigenvalue weighted by Crippen LogP contribution is 2.22. The molecule has 4 rings (SSSR count). The molecule has 32 heavy (non-hydrogen) atoms. The number of pyridine rings is 1. The Morgan fingerprint density at radius 1 is 1.12 bits per heavy atom. The van der Waals surface area contributed by atoms with Gasteiger partial charge in [-0.05, 0) is 55.5 Å². The number of carbonyl (C=O) groups excluding carboxylic acids is 1. The number of benzene rings is 2. The van der Waals surface area contributed by atoms with Crippen LogP contribution in [0.5, 0.6) is 11.6 Å². The summed E-state index contributed by atoms with van der Waals surface area (Å²) in [5.41, 5.74) is 3.02. The second-order valence-corrected chi connectivity index (χ2v) is 7.20. The van der Waals surface area contributed by atoms with E-state index in [1.807, 2.05) is 54.0 Å². The Morgan fingerprint density at radius 3 is 2.72 bits per heavy atom. The number of hydrogen-bond acceptors (Lipinski definition) is 6. The van der Waals surface area contributed by atoms with Crippen molar-refractivity contribution in [2.75, 3.05) is 19.8 Å². The highest BCUT2D eigenvalue weighted by Gasteiger charge is 2.11. The third-order valence-electron chi connectivity index (χ3n) is 4.76. The highest BCUT2D eigenvalue weighted by molar-refractivity contribution is 5.97. The van der Waals surface area contributed by atoms with E-state index in [0.29, 0.717) is 23.6 Å². The Bertz CT molecular complexity index is 1180. The number of aliphatic hydroxyl groups is 1. The smallest absolute Gasteiger partial charge is 0.251 e. The van der Waals surface area contributed by atoms with Crippen LogP contribution < -0.4 is 14.8 Å². The standard InChI is InChI=1S/C24H24N4O4/c1-17(15-31-23-4-2-3-11-25-23)32-20-8-6-19(7-9-20)28-16-27-21-14-18(5-10-22(21)28)24(30)26-12-13-29/h2-11,14,16-17,29H,12-13,15H2,1H3,(H,26,30). The SMILES string of the molecule is CC(COc1ccccn1)Oc1ccc(-n2cnc3cc(C(=O)NCCO)ccc32)cc1. The molecule has 2 aromatic heterocycles. The number of imidazole rings is 1. The van der Waals surface area contributed by atoms with Crippen LogP contribution in [0.3, 0.4) is 0 Å². The summed E-state index contributed by atoms with van der Waals surface area (Å²) in [6, 6.07) is 18.6. The van der Waals surface area contributed by atoms with E-state index >= 15 is 0 Å². The van der Waals surface area contributed by atoms with Gasteiger partial charge in [-0.2, -0.15) is 0 Å². The maximum absolute atomic E-state index is 12.1. The average Bonchev–Trinajstić information content (AvgIpc) is 3.25. The maximum Gasteiger partial charge on any atom is 0.251 e. The first kappa shape index (κ1) is 21.3. The van der Waals surface area contributed by atoms with Gasteiger partial charge in [0.1, 0.15) is 24.8 Å². The first-order valence-electron chi connectivity index (χ1n) is 10.3. The van der Waals surface area contributed by atoms with Crippen molar-refractivity contribution in [2.24, 2.45) is 0 Å². The van der Waals surface area contributed by atoms with Gasteiger partial charge in [0.2, 0.25) is 5.88 Å². The van der Waals surface area contributed by atoms with Crippen molar-refractivity contribution in [1.29, 1.82) is 0 Å². The molecule has 8 nitrogen and oxygen atoms in total. The maximum atomic E-state index is 12.1. The van der Waals surface area contributed by atoms with E-state index in [9.17, 15) is 4.79 Å². The summed E-state index contributed by atoms with van der Waals surface area (Å²) in [5.74, 6) is 1.07. The Balaban J connectivity index is 1.41. The summed E-state index contributed by atoms with van der Waals surface area (Å²) in [6.07, 6.45) is 3.26. The van der Waals surface area contributed by atoms with Crippen molar-refractivity contribution >= 4 is 16.9 Å². The predicted molar refractivity (Wildman–Crippen MR) is 120 cm³/mol. The number of ether oxygens (including phenoxy) is 2. The zero-order chi connectivity index (χ0) is 22.3. The van der Waals surface area contributed by atoms with Crippen LogP contribution in [0, 0.1) is 0 Å². The van der Waals surface area contributed by atoms with Gasteiger partial charge in [-0.15, -0.1) is 0 Å². The van der Waals surface area contributed by atoms with E-state index in [1.54, 1.807) is 30.7 Å². The molecule has 0 fully saturated rings. The number of nitrogens with zero attached hydrogens (tertiary/aromatic N) is 3. The molecule has 1 unspecified atom stereocenters. The first-order chi connectivity index (χ1) is 15.6. The molecule has 0 saturated heterocycles. The van der Waals surface area contributed by atoms with E-state index in [2.05, 4.69) is 15.3 Å². The number of rotatable bonds is 9. The van der Waals surface area contributed by atoms with Gasteiger partial charge in [-0.3, -0.25) is 9.36 Å².